The molecular formula is C19H39N. The van der Waals surface area contributed by atoms with E-state index in [1.54, 1.807) is 0 Å². The zero-order valence-corrected chi connectivity index (χ0v) is 14.3. The first-order chi connectivity index (χ1) is 9.88. The summed E-state index contributed by atoms with van der Waals surface area (Å²) in [6, 6.07) is 0.973. The molecule has 1 heteroatoms. The summed E-state index contributed by atoms with van der Waals surface area (Å²) in [6.07, 6.45) is 20.2. The van der Waals surface area contributed by atoms with Crippen molar-refractivity contribution in [3.8, 4) is 0 Å². The molecule has 20 heavy (non-hydrogen) atoms. The third kappa shape index (κ3) is 9.80. The summed E-state index contributed by atoms with van der Waals surface area (Å²) in [4.78, 5) is 2.81. The van der Waals surface area contributed by atoms with Crippen LogP contribution < -0.4 is 0 Å². The average molecular weight is 282 g/mol. The molecule has 0 aromatic heterocycles. The van der Waals surface area contributed by atoms with Crippen LogP contribution in [0.2, 0.25) is 0 Å². The fraction of sp³-hybridized carbons (Fsp3) is 1.00. The molecular weight excluding hydrogens is 242 g/mol. The van der Waals surface area contributed by atoms with Crippen LogP contribution in [0.3, 0.4) is 0 Å². The molecule has 0 unspecified atom stereocenters. The van der Waals surface area contributed by atoms with E-state index in [9.17, 15) is 0 Å². The predicted molar refractivity (Wildman–Crippen MR) is 91.3 cm³/mol. The number of unbranched alkanes of at least 4 members (excludes halogenated alkanes) is 10. The minimum Gasteiger partial charge on any atom is -0.300 e. The van der Waals surface area contributed by atoms with Crippen molar-refractivity contribution in [3.63, 3.8) is 0 Å². The fourth-order valence-corrected chi connectivity index (χ4v) is 3.11. The molecule has 1 nitrogen and oxygen atoms in total. The van der Waals surface area contributed by atoms with E-state index >= 15 is 0 Å². The first-order valence-corrected chi connectivity index (χ1v) is 9.62. The molecule has 0 aromatic carbocycles. The second kappa shape index (κ2) is 12.7. The van der Waals surface area contributed by atoms with Crippen LogP contribution in [-0.2, 0) is 0 Å². The van der Waals surface area contributed by atoms with Crippen molar-refractivity contribution in [2.75, 3.05) is 13.1 Å². The quantitative estimate of drug-likeness (QED) is 0.324. The number of hydrogen-bond acceptors (Lipinski definition) is 1. The SMILES string of the molecule is CCCCCCCCN(CCCCCCCC)C1CC1. The molecule has 1 fully saturated rings. The third-order valence-electron chi connectivity index (χ3n) is 4.66. The highest BCUT2D eigenvalue weighted by Crippen LogP contribution is 2.27. The predicted octanol–water partition coefficient (Wildman–Crippen LogP) is 6.17. The first kappa shape index (κ1) is 18.0. The summed E-state index contributed by atoms with van der Waals surface area (Å²) in [5.41, 5.74) is 0. The molecule has 120 valence electrons. The van der Waals surface area contributed by atoms with Crippen LogP contribution in [0, 0.1) is 0 Å². The lowest BCUT2D eigenvalue weighted by Crippen LogP contribution is -2.28. The van der Waals surface area contributed by atoms with E-state index in [1.807, 2.05) is 0 Å². The summed E-state index contributed by atoms with van der Waals surface area (Å²) >= 11 is 0. The van der Waals surface area contributed by atoms with Gasteiger partial charge in [-0.05, 0) is 38.8 Å². The summed E-state index contributed by atoms with van der Waals surface area (Å²) in [7, 11) is 0. The van der Waals surface area contributed by atoms with E-state index in [0.717, 1.165) is 6.04 Å². The summed E-state index contributed by atoms with van der Waals surface area (Å²) in [6.45, 7) is 7.36. The van der Waals surface area contributed by atoms with Gasteiger partial charge in [0, 0.05) is 6.04 Å². The number of rotatable bonds is 15. The van der Waals surface area contributed by atoms with E-state index < -0.39 is 0 Å². The van der Waals surface area contributed by atoms with Crippen LogP contribution in [0.25, 0.3) is 0 Å². The Morgan fingerprint density at radius 1 is 0.600 bits per heavy atom. The van der Waals surface area contributed by atoms with Gasteiger partial charge in [-0.15, -0.1) is 0 Å². The summed E-state index contributed by atoms with van der Waals surface area (Å²) in [5, 5.41) is 0. The maximum atomic E-state index is 2.81. The monoisotopic (exact) mass is 281 g/mol. The second-order valence-electron chi connectivity index (χ2n) is 6.80. The van der Waals surface area contributed by atoms with Crippen molar-refractivity contribution in [3.05, 3.63) is 0 Å². The van der Waals surface area contributed by atoms with Crippen molar-refractivity contribution in [1.29, 1.82) is 0 Å². The van der Waals surface area contributed by atoms with Gasteiger partial charge in [0.25, 0.3) is 0 Å². The lowest BCUT2D eigenvalue weighted by molar-refractivity contribution is 0.250. The van der Waals surface area contributed by atoms with Crippen LogP contribution in [0.15, 0.2) is 0 Å². The maximum absolute atomic E-state index is 2.81. The van der Waals surface area contributed by atoms with Crippen molar-refractivity contribution < 1.29 is 0 Å². The van der Waals surface area contributed by atoms with Crippen molar-refractivity contribution in [1.82, 2.24) is 4.90 Å². The lowest BCUT2D eigenvalue weighted by atomic mass is 10.1. The Hall–Kier alpha value is -0.0400. The van der Waals surface area contributed by atoms with Gasteiger partial charge in [-0.1, -0.05) is 78.1 Å². The molecule has 0 aliphatic heterocycles. The van der Waals surface area contributed by atoms with Crippen molar-refractivity contribution in [2.24, 2.45) is 0 Å². The molecule has 1 aliphatic carbocycles. The topological polar surface area (TPSA) is 3.24 Å². The second-order valence-corrected chi connectivity index (χ2v) is 6.80. The summed E-state index contributed by atoms with van der Waals surface area (Å²) < 4.78 is 0. The number of nitrogens with zero attached hydrogens (tertiary/aromatic N) is 1. The normalized spacial score (nSPS) is 15.2. The van der Waals surface area contributed by atoms with Gasteiger partial charge in [-0.2, -0.15) is 0 Å². The van der Waals surface area contributed by atoms with Crippen LogP contribution in [-0.4, -0.2) is 24.0 Å². The Balaban J connectivity index is 1.94. The molecule has 0 bridgehead atoms. The Morgan fingerprint density at radius 3 is 1.40 bits per heavy atom. The van der Waals surface area contributed by atoms with Gasteiger partial charge in [0.05, 0.1) is 0 Å². The van der Waals surface area contributed by atoms with Gasteiger partial charge in [-0.3, -0.25) is 0 Å². The van der Waals surface area contributed by atoms with E-state index in [4.69, 9.17) is 0 Å². The van der Waals surface area contributed by atoms with Gasteiger partial charge in [-0.25, -0.2) is 0 Å². The summed E-state index contributed by atoms with van der Waals surface area (Å²) in [5.74, 6) is 0. The smallest absolute Gasteiger partial charge is 0.00964 e. The molecule has 0 atom stereocenters. The molecule has 0 aromatic rings. The molecule has 1 saturated carbocycles. The van der Waals surface area contributed by atoms with E-state index in [-0.39, 0.29) is 0 Å². The number of hydrogen-bond donors (Lipinski definition) is 0. The van der Waals surface area contributed by atoms with Gasteiger partial charge in [0.2, 0.25) is 0 Å². The van der Waals surface area contributed by atoms with E-state index in [2.05, 4.69) is 18.7 Å². The minimum absolute atomic E-state index is 0.973. The van der Waals surface area contributed by atoms with Crippen LogP contribution in [0.4, 0.5) is 0 Å². The molecule has 0 N–H and O–H groups in total. The van der Waals surface area contributed by atoms with Crippen LogP contribution in [0.5, 0.6) is 0 Å². The molecule has 0 heterocycles. The largest absolute Gasteiger partial charge is 0.300 e. The van der Waals surface area contributed by atoms with Crippen molar-refractivity contribution in [2.45, 2.75) is 110 Å². The van der Waals surface area contributed by atoms with Crippen LogP contribution >= 0.6 is 0 Å². The molecule has 0 saturated heterocycles. The molecule has 0 radical (unpaired) electrons. The lowest BCUT2D eigenvalue weighted by Gasteiger charge is -2.21. The standard InChI is InChI=1S/C19H39N/c1-3-5-7-9-11-13-17-20(19-15-16-19)18-14-12-10-8-6-4-2/h19H,3-18H2,1-2H3. The average Bonchev–Trinajstić information content (AvgIpc) is 3.28. The third-order valence-corrected chi connectivity index (χ3v) is 4.66. The molecule has 0 amide bonds. The molecule has 1 rings (SSSR count). The van der Waals surface area contributed by atoms with Gasteiger partial charge >= 0.3 is 0 Å². The highest BCUT2D eigenvalue weighted by Gasteiger charge is 2.27. The van der Waals surface area contributed by atoms with E-state index in [1.165, 1.54) is 103 Å². The Kier molecular flexibility index (Phi) is 11.4. The van der Waals surface area contributed by atoms with Gasteiger partial charge < -0.3 is 4.90 Å². The van der Waals surface area contributed by atoms with Gasteiger partial charge in [0.1, 0.15) is 0 Å². The van der Waals surface area contributed by atoms with Crippen molar-refractivity contribution >= 4 is 0 Å². The fourth-order valence-electron chi connectivity index (χ4n) is 3.11. The highest BCUT2D eigenvalue weighted by atomic mass is 15.2. The Labute approximate surface area is 128 Å². The van der Waals surface area contributed by atoms with Gasteiger partial charge in [0.15, 0.2) is 0 Å². The Bertz CT molecular complexity index is 182. The highest BCUT2D eigenvalue weighted by molar-refractivity contribution is 4.84. The molecule has 1 aliphatic rings. The zero-order chi connectivity index (χ0) is 14.5. The van der Waals surface area contributed by atoms with E-state index in [0.29, 0.717) is 0 Å². The van der Waals surface area contributed by atoms with Crippen LogP contribution in [0.1, 0.15) is 104 Å². The zero-order valence-electron chi connectivity index (χ0n) is 14.3. The minimum atomic E-state index is 0.973. The first-order valence-electron chi connectivity index (χ1n) is 9.62. The Morgan fingerprint density at radius 2 is 1.00 bits per heavy atom. The maximum Gasteiger partial charge on any atom is 0.00964 e. The molecule has 0 spiro atoms.